The Morgan fingerprint density at radius 1 is 1.30 bits per heavy atom. The van der Waals surface area contributed by atoms with Gasteiger partial charge in [-0.3, -0.25) is 14.3 Å². The van der Waals surface area contributed by atoms with Crippen LogP contribution >= 0.6 is 0 Å². The largest absolute Gasteiger partial charge is 0.481 e. The fourth-order valence-electron chi connectivity index (χ4n) is 2.10. The zero-order valence-corrected chi connectivity index (χ0v) is 11.5. The lowest BCUT2D eigenvalue weighted by atomic mass is 10.1. The van der Waals surface area contributed by atoms with Crippen molar-refractivity contribution >= 4 is 5.97 Å². The molecule has 2 aromatic heterocycles. The number of aryl methyl sites for hydroxylation is 2. The van der Waals surface area contributed by atoms with Gasteiger partial charge in [-0.1, -0.05) is 0 Å². The Bertz CT molecular complexity index is 718. The van der Waals surface area contributed by atoms with Gasteiger partial charge >= 0.3 is 11.7 Å². The van der Waals surface area contributed by atoms with E-state index in [4.69, 9.17) is 5.11 Å². The van der Waals surface area contributed by atoms with Crippen molar-refractivity contribution in [2.24, 2.45) is 0 Å². The van der Waals surface area contributed by atoms with Crippen LogP contribution in [0.25, 0.3) is 5.69 Å². The zero-order valence-electron chi connectivity index (χ0n) is 11.5. The van der Waals surface area contributed by atoms with Crippen molar-refractivity contribution in [2.75, 3.05) is 0 Å². The van der Waals surface area contributed by atoms with E-state index in [2.05, 4.69) is 9.97 Å². The minimum atomic E-state index is -0.953. The van der Waals surface area contributed by atoms with Crippen molar-refractivity contribution < 1.29 is 9.90 Å². The number of aliphatic carboxylic acids is 1. The highest BCUT2D eigenvalue weighted by Crippen LogP contribution is 2.14. The van der Waals surface area contributed by atoms with Crippen LogP contribution in [0.2, 0.25) is 0 Å². The number of carboxylic acids is 1. The molecule has 0 amide bonds. The molecule has 1 N–H and O–H groups in total. The molecule has 0 spiro atoms. The van der Waals surface area contributed by atoms with E-state index in [-0.39, 0.29) is 6.42 Å². The maximum absolute atomic E-state index is 12.1. The third-order valence-corrected chi connectivity index (χ3v) is 3.15. The van der Waals surface area contributed by atoms with Gasteiger partial charge in [0.2, 0.25) is 0 Å². The average molecular weight is 273 g/mol. The fraction of sp³-hybridized carbons (Fsp3) is 0.286. The lowest BCUT2D eigenvalue weighted by Gasteiger charge is -2.14. The summed E-state index contributed by atoms with van der Waals surface area (Å²) in [6.07, 6.45) is 1.41. The summed E-state index contributed by atoms with van der Waals surface area (Å²) < 4.78 is 1.39. The predicted octanol–water partition coefficient (Wildman–Crippen LogP) is 1.18. The summed E-state index contributed by atoms with van der Waals surface area (Å²) in [5.74, 6) is -0.953. The first-order chi connectivity index (χ1) is 9.40. The molecule has 0 radical (unpaired) electrons. The highest BCUT2D eigenvalue weighted by Gasteiger charge is 2.15. The molecule has 2 heterocycles. The van der Waals surface area contributed by atoms with Crippen LogP contribution in [0, 0.1) is 20.8 Å². The molecule has 0 aromatic carbocycles. The second-order valence-corrected chi connectivity index (χ2v) is 4.61. The summed E-state index contributed by atoms with van der Waals surface area (Å²) in [4.78, 5) is 31.0. The number of nitrogens with zero attached hydrogens (tertiary/aromatic N) is 3. The zero-order chi connectivity index (χ0) is 14.9. The van der Waals surface area contributed by atoms with Gasteiger partial charge in [0.05, 0.1) is 18.3 Å². The third-order valence-electron chi connectivity index (χ3n) is 3.15. The highest BCUT2D eigenvalue weighted by atomic mass is 16.4. The Hall–Kier alpha value is -2.50. The summed E-state index contributed by atoms with van der Waals surface area (Å²) in [5, 5.41) is 8.96. The van der Waals surface area contributed by atoms with Crippen molar-refractivity contribution in [3.8, 4) is 5.69 Å². The van der Waals surface area contributed by atoms with E-state index in [0.29, 0.717) is 22.6 Å². The first-order valence-electron chi connectivity index (χ1n) is 6.14. The van der Waals surface area contributed by atoms with Crippen molar-refractivity contribution in [2.45, 2.75) is 27.2 Å². The normalized spacial score (nSPS) is 10.6. The molecule has 0 bridgehead atoms. The van der Waals surface area contributed by atoms with Gasteiger partial charge in [0.15, 0.2) is 0 Å². The molecule has 6 nitrogen and oxygen atoms in total. The first-order valence-corrected chi connectivity index (χ1v) is 6.14. The molecule has 6 heteroatoms. The molecular formula is C14H15N3O3. The monoisotopic (exact) mass is 273 g/mol. The van der Waals surface area contributed by atoms with Gasteiger partial charge in [-0.25, -0.2) is 4.79 Å². The smallest absolute Gasteiger partial charge is 0.352 e. The molecule has 0 fully saturated rings. The predicted molar refractivity (Wildman–Crippen MR) is 73.2 cm³/mol. The van der Waals surface area contributed by atoms with E-state index in [0.717, 1.165) is 5.69 Å². The number of carboxylic acid groups (broad SMARTS) is 1. The van der Waals surface area contributed by atoms with Gasteiger partial charge in [0.25, 0.3) is 0 Å². The molecule has 0 atom stereocenters. The molecule has 0 saturated heterocycles. The van der Waals surface area contributed by atoms with Crippen LogP contribution in [0.3, 0.4) is 0 Å². The van der Waals surface area contributed by atoms with Gasteiger partial charge in [-0.15, -0.1) is 0 Å². The van der Waals surface area contributed by atoms with E-state index in [1.165, 1.54) is 4.57 Å². The SMILES string of the molecule is Cc1ccc(-n2c(C)c(CC(=O)O)c(C)nc2=O)cn1. The topological polar surface area (TPSA) is 85.1 Å². The first kappa shape index (κ1) is 13.9. The molecule has 0 aliphatic carbocycles. The minimum absolute atomic E-state index is 0.162. The van der Waals surface area contributed by atoms with Crippen LogP contribution in [0.5, 0.6) is 0 Å². The number of hydrogen-bond acceptors (Lipinski definition) is 4. The second-order valence-electron chi connectivity index (χ2n) is 4.61. The van der Waals surface area contributed by atoms with Crippen LogP contribution < -0.4 is 5.69 Å². The number of pyridine rings is 1. The van der Waals surface area contributed by atoms with Crippen LogP contribution in [0.15, 0.2) is 23.1 Å². The van der Waals surface area contributed by atoms with Gasteiger partial charge in [-0.05, 0) is 32.9 Å². The minimum Gasteiger partial charge on any atom is -0.481 e. The molecule has 2 rings (SSSR count). The Labute approximate surface area is 115 Å². The number of carbonyl (C=O) groups is 1. The average Bonchev–Trinajstić information content (AvgIpc) is 2.36. The summed E-state index contributed by atoms with van der Waals surface area (Å²) in [6.45, 7) is 5.21. The quantitative estimate of drug-likeness (QED) is 0.907. The van der Waals surface area contributed by atoms with E-state index in [9.17, 15) is 9.59 Å². The van der Waals surface area contributed by atoms with Crippen LogP contribution in [0.1, 0.15) is 22.6 Å². The molecule has 0 saturated carbocycles. The van der Waals surface area contributed by atoms with E-state index in [1.54, 1.807) is 32.2 Å². The lowest BCUT2D eigenvalue weighted by molar-refractivity contribution is -0.136. The van der Waals surface area contributed by atoms with Gasteiger partial charge in [-0.2, -0.15) is 4.98 Å². The Balaban J connectivity index is 2.67. The Kier molecular flexibility index (Phi) is 3.65. The van der Waals surface area contributed by atoms with Crippen molar-refractivity contribution in [3.63, 3.8) is 0 Å². The third kappa shape index (κ3) is 2.59. The number of aromatic nitrogens is 3. The molecule has 104 valence electrons. The molecule has 2 aromatic rings. The van der Waals surface area contributed by atoms with Crippen LogP contribution in [-0.4, -0.2) is 25.6 Å². The molecule has 0 aliphatic heterocycles. The maximum Gasteiger partial charge on any atom is 0.352 e. The van der Waals surface area contributed by atoms with Gasteiger partial charge < -0.3 is 5.11 Å². The molecule has 0 unspecified atom stereocenters. The molecule has 20 heavy (non-hydrogen) atoms. The van der Waals surface area contributed by atoms with Crippen molar-refractivity contribution in [1.29, 1.82) is 0 Å². The summed E-state index contributed by atoms with van der Waals surface area (Å²) in [6, 6.07) is 3.55. The maximum atomic E-state index is 12.1. The summed E-state index contributed by atoms with van der Waals surface area (Å²) in [5.41, 5.74) is 2.57. The number of rotatable bonds is 3. The van der Waals surface area contributed by atoms with E-state index >= 15 is 0 Å². The highest BCUT2D eigenvalue weighted by molar-refractivity contribution is 5.71. The van der Waals surface area contributed by atoms with E-state index in [1.807, 2.05) is 6.92 Å². The fourth-order valence-corrected chi connectivity index (χ4v) is 2.10. The van der Waals surface area contributed by atoms with Crippen LogP contribution in [0.4, 0.5) is 0 Å². The lowest BCUT2D eigenvalue weighted by Crippen LogP contribution is -2.27. The van der Waals surface area contributed by atoms with E-state index < -0.39 is 11.7 Å². The van der Waals surface area contributed by atoms with Gasteiger partial charge in [0, 0.05) is 22.6 Å². The Morgan fingerprint density at radius 3 is 2.55 bits per heavy atom. The number of hydrogen-bond donors (Lipinski definition) is 1. The Morgan fingerprint density at radius 2 is 2.00 bits per heavy atom. The second kappa shape index (κ2) is 5.24. The van der Waals surface area contributed by atoms with Crippen molar-refractivity contribution in [1.82, 2.24) is 14.5 Å². The van der Waals surface area contributed by atoms with Crippen molar-refractivity contribution in [3.05, 3.63) is 51.5 Å². The van der Waals surface area contributed by atoms with Gasteiger partial charge in [0.1, 0.15) is 0 Å². The van der Waals surface area contributed by atoms with Crippen LogP contribution in [-0.2, 0) is 11.2 Å². The summed E-state index contributed by atoms with van der Waals surface area (Å²) in [7, 11) is 0. The summed E-state index contributed by atoms with van der Waals surface area (Å²) >= 11 is 0. The standard InChI is InChI=1S/C14H15N3O3/c1-8-4-5-11(7-15-8)17-10(3)12(6-13(18)19)9(2)16-14(17)20/h4-5,7H,6H2,1-3H3,(H,18,19). The molecular weight excluding hydrogens is 258 g/mol. The molecule has 0 aliphatic rings.